The van der Waals surface area contributed by atoms with Crippen molar-refractivity contribution in [2.24, 2.45) is 0 Å². The summed E-state index contributed by atoms with van der Waals surface area (Å²) in [6.07, 6.45) is 3.57. The number of aromatic nitrogens is 2. The van der Waals surface area contributed by atoms with E-state index in [9.17, 15) is 0 Å². The van der Waals surface area contributed by atoms with E-state index < -0.39 is 0 Å². The number of para-hydroxylation sites is 1. The van der Waals surface area contributed by atoms with Gasteiger partial charge in [-0.1, -0.05) is 23.9 Å². The van der Waals surface area contributed by atoms with E-state index in [0.29, 0.717) is 0 Å². The van der Waals surface area contributed by atoms with E-state index in [1.807, 2.05) is 36.4 Å². The van der Waals surface area contributed by atoms with Crippen LogP contribution < -0.4 is 5.73 Å². The Hall–Kier alpha value is -1.59. The standard InChI is InChI=1S/C14H10BrN3S/c15-9-7-11-14(18-8-9)13(5-6-17-11)19-12-4-2-1-3-10(12)16/h1-8H,16H2. The van der Waals surface area contributed by atoms with Crippen molar-refractivity contribution in [1.82, 2.24) is 9.97 Å². The molecule has 0 aliphatic rings. The van der Waals surface area contributed by atoms with Gasteiger partial charge in [-0.15, -0.1) is 0 Å². The summed E-state index contributed by atoms with van der Waals surface area (Å²) in [6.45, 7) is 0. The minimum atomic E-state index is 0.773. The van der Waals surface area contributed by atoms with E-state index in [0.717, 1.165) is 31.0 Å². The molecule has 0 amide bonds. The summed E-state index contributed by atoms with van der Waals surface area (Å²) in [5.41, 5.74) is 8.50. The molecule has 0 saturated heterocycles. The number of pyridine rings is 2. The quantitative estimate of drug-likeness (QED) is 0.717. The summed E-state index contributed by atoms with van der Waals surface area (Å²) in [7, 11) is 0. The molecular weight excluding hydrogens is 322 g/mol. The van der Waals surface area contributed by atoms with Crippen LogP contribution in [0.5, 0.6) is 0 Å². The number of anilines is 1. The first-order valence-electron chi connectivity index (χ1n) is 5.66. The lowest BCUT2D eigenvalue weighted by molar-refractivity contribution is 1.26. The van der Waals surface area contributed by atoms with Gasteiger partial charge in [-0.2, -0.15) is 0 Å². The maximum absolute atomic E-state index is 5.97. The van der Waals surface area contributed by atoms with Crippen LogP contribution in [-0.2, 0) is 0 Å². The minimum Gasteiger partial charge on any atom is -0.398 e. The van der Waals surface area contributed by atoms with Crippen LogP contribution in [0.2, 0.25) is 0 Å². The molecule has 3 rings (SSSR count). The number of rotatable bonds is 2. The zero-order valence-electron chi connectivity index (χ0n) is 9.88. The Morgan fingerprint density at radius 1 is 1.05 bits per heavy atom. The number of halogens is 1. The highest BCUT2D eigenvalue weighted by Gasteiger charge is 2.07. The van der Waals surface area contributed by atoms with E-state index in [1.54, 1.807) is 24.2 Å². The van der Waals surface area contributed by atoms with Gasteiger partial charge in [-0.25, -0.2) is 0 Å². The van der Waals surface area contributed by atoms with Gasteiger partial charge in [-0.05, 0) is 40.2 Å². The van der Waals surface area contributed by atoms with Crippen molar-refractivity contribution < 1.29 is 0 Å². The molecule has 0 saturated carbocycles. The number of fused-ring (bicyclic) bond motifs is 1. The second-order valence-corrected chi connectivity index (χ2v) is 5.97. The Bertz CT molecular complexity index is 746. The molecular formula is C14H10BrN3S. The maximum Gasteiger partial charge on any atom is 0.103 e. The predicted octanol–water partition coefficient (Wildman–Crippen LogP) is 4.13. The molecule has 19 heavy (non-hydrogen) atoms. The highest BCUT2D eigenvalue weighted by atomic mass is 79.9. The number of nitrogen functional groups attached to an aromatic ring is 1. The Labute approximate surface area is 123 Å². The fourth-order valence-electron chi connectivity index (χ4n) is 1.76. The number of nitrogens with zero attached hydrogens (tertiary/aromatic N) is 2. The fourth-order valence-corrected chi connectivity index (χ4v) is 3.03. The van der Waals surface area contributed by atoms with Crippen molar-refractivity contribution in [3.05, 3.63) is 53.3 Å². The van der Waals surface area contributed by atoms with Crippen LogP contribution >= 0.6 is 27.7 Å². The van der Waals surface area contributed by atoms with E-state index in [4.69, 9.17) is 5.73 Å². The summed E-state index contributed by atoms with van der Waals surface area (Å²) in [6, 6.07) is 11.7. The van der Waals surface area contributed by atoms with Gasteiger partial charge >= 0.3 is 0 Å². The van der Waals surface area contributed by atoms with Crippen LogP contribution in [-0.4, -0.2) is 9.97 Å². The number of benzene rings is 1. The third-order valence-electron chi connectivity index (χ3n) is 2.65. The van der Waals surface area contributed by atoms with E-state index in [1.165, 1.54) is 0 Å². The molecule has 0 atom stereocenters. The average Bonchev–Trinajstić information content (AvgIpc) is 2.41. The summed E-state index contributed by atoms with van der Waals surface area (Å²) < 4.78 is 0.925. The van der Waals surface area contributed by atoms with E-state index in [-0.39, 0.29) is 0 Å². The van der Waals surface area contributed by atoms with Gasteiger partial charge in [0.1, 0.15) is 5.52 Å². The van der Waals surface area contributed by atoms with Crippen molar-refractivity contribution in [2.45, 2.75) is 9.79 Å². The molecule has 2 N–H and O–H groups in total. The lowest BCUT2D eigenvalue weighted by Gasteiger charge is -2.07. The van der Waals surface area contributed by atoms with Crippen molar-refractivity contribution in [3.63, 3.8) is 0 Å². The summed E-state index contributed by atoms with van der Waals surface area (Å²) >= 11 is 5.01. The third-order valence-corrected chi connectivity index (χ3v) is 4.22. The number of hydrogen-bond acceptors (Lipinski definition) is 4. The second-order valence-electron chi connectivity index (χ2n) is 3.97. The lowest BCUT2D eigenvalue weighted by Crippen LogP contribution is -1.89. The van der Waals surface area contributed by atoms with Gasteiger partial charge in [0.15, 0.2) is 0 Å². The molecule has 3 nitrogen and oxygen atoms in total. The van der Waals surface area contributed by atoms with Crippen molar-refractivity contribution in [1.29, 1.82) is 0 Å². The van der Waals surface area contributed by atoms with Gasteiger partial charge < -0.3 is 5.73 Å². The summed E-state index contributed by atoms with van der Waals surface area (Å²) in [5, 5.41) is 0. The maximum atomic E-state index is 5.97. The van der Waals surface area contributed by atoms with Crippen LogP contribution in [0, 0.1) is 0 Å². The zero-order chi connectivity index (χ0) is 13.2. The predicted molar refractivity (Wildman–Crippen MR) is 82.2 cm³/mol. The Balaban J connectivity index is 2.09. The van der Waals surface area contributed by atoms with E-state index in [2.05, 4.69) is 25.9 Å². The molecule has 1 aromatic carbocycles. The Kier molecular flexibility index (Phi) is 3.40. The first-order valence-corrected chi connectivity index (χ1v) is 7.27. The zero-order valence-corrected chi connectivity index (χ0v) is 12.3. The molecule has 0 fully saturated rings. The normalized spacial score (nSPS) is 10.8. The molecule has 3 aromatic rings. The van der Waals surface area contributed by atoms with Gasteiger partial charge in [0.2, 0.25) is 0 Å². The second kappa shape index (κ2) is 5.19. The molecule has 0 unspecified atom stereocenters. The van der Waals surface area contributed by atoms with Crippen molar-refractivity contribution in [2.75, 3.05) is 5.73 Å². The number of hydrogen-bond donors (Lipinski definition) is 1. The average molecular weight is 332 g/mol. The highest BCUT2D eigenvalue weighted by Crippen LogP contribution is 2.35. The largest absolute Gasteiger partial charge is 0.398 e. The molecule has 0 radical (unpaired) electrons. The van der Waals surface area contributed by atoms with Gasteiger partial charge in [0.05, 0.1) is 5.52 Å². The van der Waals surface area contributed by atoms with Crippen molar-refractivity contribution >= 4 is 44.4 Å². The molecule has 0 aliphatic carbocycles. The Morgan fingerprint density at radius 3 is 2.74 bits per heavy atom. The minimum absolute atomic E-state index is 0.773. The van der Waals surface area contributed by atoms with Gasteiger partial charge in [0, 0.05) is 32.3 Å². The van der Waals surface area contributed by atoms with Gasteiger partial charge in [-0.3, -0.25) is 9.97 Å². The van der Waals surface area contributed by atoms with E-state index >= 15 is 0 Å². The molecule has 94 valence electrons. The molecule has 2 aromatic heterocycles. The molecule has 5 heteroatoms. The monoisotopic (exact) mass is 331 g/mol. The summed E-state index contributed by atoms with van der Waals surface area (Å²) in [4.78, 5) is 10.8. The SMILES string of the molecule is Nc1ccccc1Sc1ccnc2cc(Br)cnc12. The van der Waals surface area contributed by atoms with Crippen LogP contribution in [0.3, 0.4) is 0 Å². The molecule has 0 spiro atoms. The Morgan fingerprint density at radius 2 is 1.89 bits per heavy atom. The highest BCUT2D eigenvalue weighted by molar-refractivity contribution is 9.10. The summed E-state index contributed by atoms with van der Waals surface area (Å²) in [5.74, 6) is 0. The first kappa shape index (κ1) is 12.4. The van der Waals surface area contributed by atoms with Crippen LogP contribution in [0.15, 0.2) is 63.1 Å². The van der Waals surface area contributed by atoms with Crippen LogP contribution in [0.4, 0.5) is 5.69 Å². The lowest BCUT2D eigenvalue weighted by atomic mass is 10.3. The number of nitrogens with two attached hydrogens (primary N) is 1. The smallest absolute Gasteiger partial charge is 0.103 e. The topological polar surface area (TPSA) is 51.8 Å². The third kappa shape index (κ3) is 2.57. The van der Waals surface area contributed by atoms with Gasteiger partial charge in [0.25, 0.3) is 0 Å². The molecule has 0 bridgehead atoms. The molecule has 2 heterocycles. The van der Waals surface area contributed by atoms with Crippen molar-refractivity contribution in [3.8, 4) is 0 Å². The van der Waals surface area contributed by atoms with Crippen LogP contribution in [0.25, 0.3) is 11.0 Å². The first-order chi connectivity index (χ1) is 9.24. The van der Waals surface area contributed by atoms with Crippen LogP contribution in [0.1, 0.15) is 0 Å². The molecule has 0 aliphatic heterocycles. The fraction of sp³-hybridized carbons (Fsp3) is 0.